The van der Waals surface area contributed by atoms with Crippen LogP contribution in [0.5, 0.6) is 0 Å². The zero-order valence-electron chi connectivity index (χ0n) is 19.9. The van der Waals surface area contributed by atoms with Crippen LogP contribution < -0.4 is 10.6 Å². The van der Waals surface area contributed by atoms with Crippen LogP contribution in [0.1, 0.15) is 21.6 Å². The molecule has 10 heteroatoms. The first-order valence-corrected chi connectivity index (χ1v) is 12.3. The second-order valence-electron chi connectivity index (χ2n) is 8.30. The summed E-state index contributed by atoms with van der Waals surface area (Å²) in [6, 6.07) is 23.9. The number of nitrogens with zero attached hydrogens (tertiary/aromatic N) is 3. The standard InChI is InChI=1S/C27H24BrN5O4/c1-29-26(34)23(15-18-8-7-12-21(28)14-18)30-27(35)25-16-22(19-9-3-2-4-10-19)31-32(25)17-20-11-5-6-13-24(20)33(36)37/h2-14,16,23H,15,17H2,1H3,(H,29,34)(H,30,35)/t23-/m0/s1. The maximum absolute atomic E-state index is 13.5. The average Bonchev–Trinajstić information content (AvgIpc) is 3.32. The molecular weight excluding hydrogens is 538 g/mol. The van der Waals surface area contributed by atoms with Gasteiger partial charge in [0, 0.05) is 29.6 Å². The van der Waals surface area contributed by atoms with Gasteiger partial charge in [0.25, 0.3) is 11.6 Å². The second-order valence-corrected chi connectivity index (χ2v) is 9.21. The molecule has 2 amide bonds. The average molecular weight is 562 g/mol. The third kappa shape index (κ3) is 6.28. The highest BCUT2D eigenvalue weighted by molar-refractivity contribution is 9.10. The van der Waals surface area contributed by atoms with Gasteiger partial charge in [0.15, 0.2) is 0 Å². The Morgan fingerprint density at radius 1 is 1.03 bits per heavy atom. The van der Waals surface area contributed by atoms with Gasteiger partial charge in [-0.25, -0.2) is 0 Å². The first-order chi connectivity index (χ1) is 17.9. The van der Waals surface area contributed by atoms with Crippen molar-refractivity contribution >= 4 is 33.4 Å². The van der Waals surface area contributed by atoms with Crippen molar-refractivity contribution < 1.29 is 14.5 Å². The van der Waals surface area contributed by atoms with E-state index in [0.29, 0.717) is 11.3 Å². The molecule has 9 nitrogen and oxygen atoms in total. The molecule has 0 saturated carbocycles. The van der Waals surface area contributed by atoms with Gasteiger partial charge < -0.3 is 10.6 Å². The van der Waals surface area contributed by atoms with Gasteiger partial charge >= 0.3 is 0 Å². The minimum atomic E-state index is -0.846. The quantitative estimate of drug-likeness (QED) is 0.232. The molecule has 1 heterocycles. The fourth-order valence-electron chi connectivity index (χ4n) is 3.97. The molecule has 188 valence electrons. The third-order valence-corrected chi connectivity index (χ3v) is 6.28. The summed E-state index contributed by atoms with van der Waals surface area (Å²) < 4.78 is 2.29. The first kappa shape index (κ1) is 25.8. The number of halogens is 1. The van der Waals surface area contributed by atoms with Gasteiger partial charge in [-0.1, -0.05) is 76.6 Å². The van der Waals surface area contributed by atoms with Gasteiger partial charge in [-0.3, -0.25) is 24.4 Å². The number of hydrogen-bond donors (Lipinski definition) is 2. The normalized spacial score (nSPS) is 11.5. The van der Waals surface area contributed by atoms with Gasteiger partial charge in [-0.05, 0) is 23.8 Å². The van der Waals surface area contributed by atoms with Crippen molar-refractivity contribution in [3.8, 4) is 11.3 Å². The van der Waals surface area contributed by atoms with Crippen molar-refractivity contribution in [3.63, 3.8) is 0 Å². The Hall–Kier alpha value is -4.31. The van der Waals surface area contributed by atoms with E-state index in [-0.39, 0.29) is 30.3 Å². The minimum Gasteiger partial charge on any atom is -0.357 e. The monoisotopic (exact) mass is 561 g/mol. The summed E-state index contributed by atoms with van der Waals surface area (Å²) in [5, 5.41) is 21.6. The van der Waals surface area contributed by atoms with Gasteiger partial charge in [0.05, 0.1) is 22.7 Å². The van der Waals surface area contributed by atoms with Gasteiger partial charge in [0.2, 0.25) is 5.91 Å². The fraction of sp³-hybridized carbons (Fsp3) is 0.148. The van der Waals surface area contributed by atoms with Crippen molar-refractivity contribution in [3.05, 3.63) is 116 Å². The summed E-state index contributed by atoms with van der Waals surface area (Å²) in [5.74, 6) is -0.863. The molecule has 37 heavy (non-hydrogen) atoms. The molecule has 0 aliphatic heterocycles. The Bertz CT molecular complexity index is 1440. The molecule has 0 aliphatic rings. The lowest BCUT2D eigenvalue weighted by Crippen LogP contribution is -2.47. The van der Waals surface area contributed by atoms with Crippen LogP contribution in [0.15, 0.2) is 89.4 Å². The molecule has 4 rings (SSSR count). The van der Waals surface area contributed by atoms with E-state index in [1.165, 1.54) is 17.8 Å². The molecule has 0 spiro atoms. The van der Waals surface area contributed by atoms with Crippen LogP contribution in [0.2, 0.25) is 0 Å². The molecular formula is C27H24BrN5O4. The number of nitrogens with one attached hydrogen (secondary N) is 2. The number of carbonyl (C=O) groups excluding carboxylic acids is 2. The number of carbonyl (C=O) groups is 2. The van der Waals surface area contributed by atoms with Gasteiger partial charge in [-0.15, -0.1) is 0 Å². The van der Waals surface area contributed by atoms with Crippen LogP contribution in [0.3, 0.4) is 0 Å². The molecule has 0 fully saturated rings. The van der Waals surface area contributed by atoms with E-state index >= 15 is 0 Å². The number of amides is 2. The van der Waals surface area contributed by atoms with Crippen molar-refractivity contribution in [2.75, 3.05) is 7.05 Å². The highest BCUT2D eigenvalue weighted by Gasteiger charge is 2.25. The zero-order chi connectivity index (χ0) is 26.4. The maximum atomic E-state index is 13.5. The number of rotatable bonds is 9. The maximum Gasteiger partial charge on any atom is 0.274 e. The van der Waals surface area contributed by atoms with Crippen LogP contribution in [0.25, 0.3) is 11.3 Å². The smallest absolute Gasteiger partial charge is 0.274 e. The lowest BCUT2D eigenvalue weighted by molar-refractivity contribution is -0.385. The van der Waals surface area contributed by atoms with E-state index in [9.17, 15) is 19.7 Å². The number of aromatic nitrogens is 2. The van der Waals surface area contributed by atoms with Crippen LogP contribution in [-0.4, -0.2) is 39.6 Å². The summed E-state index contributed by atoms with van der Waals surface area (Å²) >= 11 is 3.43. The molecule has 0 bridgehead atoms. The van der Waals surface area contributed by atoms with Crippen LogP contribution in [-0.2, 0) is 17.8 Å². The summed E-state index contributed by atoms with van der Waals surface area (Å²) in [6.07, 6.45) is 0.273. The molecule has 4 aromatic rings. The Balaban J connectivity index is 1.69. The predicted molar refractivity (Wildman–Crippen MR) is 143 cm³/mol. The second kappa shape index (κ2) is 11.6. The van der Waals surface area contributed by atoms with Crippen molar-refractivity contribution in [2.45, 2.75) is 19.0 Å². The topological polar surface area (TPSA) is 119 Å². The number of hydrogen-bond acceptors (Lipinski definition) is 5. The van der Waals surface area contributed by atoms with Crippen LogP contribution in [0.4, 0.5) is 5.69 Å². The molecule has 0 saturated heterocycles. The number of para-hydroxylation sites is 1. The largest absolute Gasteiger partial charge is 0.357 e. The van der Waals surface area contributed by atoms with Gasteiger partial charge in [-0.2, -0.15) is 5.10 Å². The summed E-state index contributed by atoms with van der Waals surface area (Å²) in [7, 11) is 1.51. The lowest BCUT2D eigenvalue weighted by atomic mass is 10.0. The van der Waals surface area contributed by atoms with E-state index in [2.05, 4.69) is 31.7 Å². The molecule has 1 aromatic heterocycles. The fourth-order valence-corrected chi connectivity index (χ4v) is 4.42. The first-order valence-electron chi connectivity index (χ1n) is 11.5. The highest BCUT2D eigenvalue weighted by atomic mass is 79.9. The summed E-state index contributed by atoms with van der Waals surface area (Å²) in [6.45, 7) is 0.00299. The van der Waals surface area contributed by atoms with Crippen molar-refractivity contribution in [1.29, 1.82) is 0 Å². The minimum absolute atomic E-state index is 0.00299. The van der Waals surface area contributed by atoms with E-state index in [0.717, 1.165) is 15.6 Å². The Labute approximate surface area is 221 Å². The van der Waals surface area contributed by atoms with E-state index < -0.39 is 16.9 Å². The molecule has 1 atom stereocenters. The zero-order valence-corrected chi connectivity index (χ0v) is 21.5. The van der Waals surface area contributed by atoms with Crippen molar-refractivity contribution in [1.82, 2.24) is 20.4 Å². The molecule has 2 N–H and O–H groups in total. The predicted octanol–water partition coefficient (Wildman–Crippen LogP) is 4.36. The molecule has 0 aliphatic carbocycles. The number of benzene rings is 3. The van der Waals surface area contributed by atoms with E-state index in [1.54, 1.807) is 24.3 Å². The SMILES string of the molecule is CNC(=O)[C@H](Cc1cccc(Br)c1)NC(=O)c1cc(-c2ccccc2)nn1Cc1ccccc1[N+](=O)[O-]. The Morgan fingerprint density at radius 2 is 1.76 bits per heavy atom. The summed E-state index contributed by atoms with van der Waals surface area (Å²) in [5.41, 5.74) is 2.70. The Morgan fingerprint density at radius 3 is 2.46 bits per heavy atom. The highest BCUT2D eigenvalue weighted by Crippen LogP contribution is 2.23. The Kier molecular flexibility index (Phi) is 8.09. The lowest BCUT2D eigenvalue weighted by Gasteiger charge is -2.18. The third-order valence-electron chi connectivity index (χ3n) is 5.79. The number of nitro benzene ring substituents is 1. The molecule has 0 unspecified atom stereocenters. The van der Waals surface area contributed by atoms with Crippen LogP contribution >= 0.6 is 15.9 Å². The molecule has 0 radical (unpaired) electrons. The number of nitro groups is 1. The van der Waals surface area contributed by atoms with Crippen molar-refractivity contribution in [2.24, 2.45) is 0 Å². The molecule has 3 aromatic carbocycles. The van der Waals surface area contributed by atoms with Crippen LogP contribution in [0, 0.1) is 10.1 Å². The van der Waals surface area contributed by atoms with E-state index in [1.807, 2.05) is 54.6 Å². The number of likely N-dealkylation sites (N-methyl/N-ethyl adjacent to an activating group) is 1. The van der Waals surface area contributed by atoms with E-state index in [4.69, 9.17) is 0 Å². The summed E-state index contributed by atoms with van der Waals surface area (Å²) in [4.78, 5) is 37.3. The van der Waals surface area contributed by atoms with Gasteiger partial charge in [0.1, 0.15) is 11.7 Å².